The highest BCUT2D eigenvalue weighted by atomic mass is 16.5. The first-order valence-corrected chi connectivity index (χ1v) is 7.36. The van der Waals surface area contributed by atoms with Gasteiger partial charge in [-0.1, -0.05) is 6.07 Å². The number of hydrogen-bond acceptors (Lipinski definition) is 5. The predicted molar refractivity (Wildman–Crippen MR) is 78.5 cm³/mol. The van der Waals surface area contributed by atoms with E-state index < -0.39 is 17.9 Å². The molecule has 0 aromatic heterocycles. The van der Waals surface area contributed by atoms with Gasteiger partial charge in [-0.05, 0) is 31.0 Å². The minimum absolute atomic E-state index is 0.0161. The van der Waals surface area contributed by atoms with Gasteiger partial charge in [-0.2, -0.15) is 0 Å². The van der Waals surface area contributed by atoms with Crippen LogP contribution in [0, 0.1) is 0 Å². The number of ether oxygens (including phenoxy) is 1. The lowest BCUT2D eigenvalue weighted by molar-refractivity contribution is -0.126. The summed E-state index contributed by atoms with van der Waals surface area (Å²) in [7, 11) is 1.27. The van der Waals surface area contributed by atoms with Gasteiger partial charge in [0.2, 0.25) is 11.8 Å². The van der Waals surface area contributed by atoms with Crippen molar-refractivity contribution in [2.45, 2.75) is 31.3 Å². The molecule has 1 aliphatic carbocycles. The molecular weight excluding hydrogens is 300 g/mol. The van der Waals surface area contributed by atoms with E-state index in [2.05, 4.69) is 10.1 Å². The van der Waals surface area contributed by atoms with Crippen molar-refractivity contribution >= 4 is 23.7 Å². The molecule has 2 aliphatic rings. The highest BCUT2D eigenvalue weighted by Crippen LogP contribution is 2.32. The van der Waals surface area contributed by atoms with Gasteiger partial charge >= 0.3 is 5.97 Å². The largest absolute Gasteiger partial charge is 0.465 e. The van der Waals surface area contributed by atoms with Crippen LogP contribution in [0.3, 0.4) is 0 Å². The minimum Gasteiger partial charge on any atom is -0.465 e. The number of carbonyl (C=O) groups is 4. The molecule has 23 heavy (non-hydrogen) atoms. The molecule has 1 N–H and O–H groups in total. The molecule has 7 heteroatoms. The highest BCUT2D eigenvalue weighted by Gasteiger charge is 2.44. The van der Waals surface area contributed by atoms with Crippen molar-refractivity contribution in [1.82, 2.24) is 10.2 Å². The molecule has 1 saturated carbocycles. The molecule has 1 saturated heterocycles. The summed E-state index contributed by atoms with van der Waals surface area (Å²) in [5.41, 5.74) is 0.563. The highest BCUT2D eigenvalue weighted by molar-refractivity contribution is 6.08. The maximum Gasteiger partial charge on any atom is 0.337 e. The van der Waals surface area contributed by atoms with Gasteiger partial charge in [-0.3, -0.25) is 19.7 Å². The van der Waals surface area contributed by atoms with E-state index in [1.807, 2.05) is 0 Å². The molecule has 1 aliphatic heterocycles. The number of imide groups is 1. The summed E-state index contributed by atoms with van der Waals surface area (Å²) in [6, 6.07) is 5.35. The smallest absolute Gasteiger partial charge is 0.337 e. The molecule has 1 aromatic carbocycles. The Bertz CT molecular complexity index is 695. The van der Waals surface area contributed by atoms with Crippen LogP contribution in [-0.2, 0) is 14.3 Å². The van der Waals surface area contributed by atoms with E-state index in [4.69, 9.17) is 0 Å². The lowest BCUT2D eigenvalue weighted by Crippen LogP contribution is -2.46. The summed E-state index contributed by atoms with van der Waals surface area (Å²) in [6.45, 7) is 0. The monoisotopic (exact) mass is 316 g/mol. The lowest BCUT2D eigenvalue weighted by Gasteiger charge is -2.26. The van der Waals surface area contributed by atoms with Gasteiger partial charge in [0.05, 0.1) is 19.1 Å². The number of amides is 3. The first-order chi connectivity index (χ1) is 11.0. The van der Waals surface area contributed by atoms with Crippen LogP contribution < -0.4 is 5.32 Å². The summed E-state index contributed by atoms with van der Waals surface area (Å²) in [6.07, 6.45) is 1.60. The van der Waals surface area contributed by atoms with Gasteiger partial charge in [0.15, 0.2) is 0 Å². The Morgan fingerprint density at radius 3 is 2.48 bits per heavy atom. The van der Waals surface area contributed by atoms with Crippen molar-refractivity contribution in [1.29, 1.82) is 0 Å². The quantitative estimate of drug-likeness (QED) is 0.645. The van der Waals surface area contributed by atoms with Crippen molar-refractivity contribution < 1.29 is 23.9 Å². The van der Waals surface area contributed by atoms with Crippen molar-refractivity contribution in [2.24, 2.45) is 0 Å². The summed E-state index contributed by atoms with van der Waals surface area (Å²) in [5.74, 6) is -1.71. The third kappa shape index (κ3) is 2.94. The first-order valence-electron chi connectivity index (χ1n) is 7.36. The zero-order valence-electron chi connectivity index (χ0n) is 12.6. The topological polar surface area (TPSA) is 92.8 Å². The minimum atomic E-state index is -0.774. The third-order valence-electron chi connectivity index (χ3n) is 3.99. The van der Waals surface area contributed by atoms with Gasteiger partial charge in [0, 0.05) is 11.6 Å². The van der Waals surface area contributed by atoms with Crippen LogP contribution in [-0.4, -0.2) is 47.8 Å². The summed E-state index contributed by atoms with van der Waals surface area (Å²) in [5, 5.41) is 2.23. The average molecular weight is 316 g/mol. The van der Waals surface area contributed by atoms with Gasteiger partial charge < -0.3 is 9.64 Å². The fraction of sp³-hybridized carbons (Fsp3) is 0.375. The molecule has 0 bridgehead atoms. The molecule has 2 fully saturated rings. The summed E-state index contributed by atoms with van der Waals surface area (Å²) < 4.78 is 4.65. The van der Waals surface area contributed by atoms with Crippen molar-refractivity contribution in [3.8, 4) is 0 Å². The van der Waals surface area contributed by atoms with Crippen LogP contribution >= 0.6 is 0 Å². The van der Waals surface area contributed by atoms with Crippen LogP contribution in [0.1, 0.15) is 40.0 Å². The summed E-state index contributed by atoms with van der Waals surface area (Å²) >= 11 is 0. The maximum atomic E-state index is 12.8. The van der Waals surface area contributed by atoms with E-state index >= 15 is 0 Å². The third-order valence-corrected chi connectivity index (χ3v) is 3.99. The predicted octanol–water partition coefficient (Wildman–Crippen LogP) is 0.493. The Morgan fingerprint density at radius 2 is 1.91 bits per heavy atom. The number of esters is 1. The molecule has 3 amide bonds. The van der Waals surface area contributed by atoms with Gasteiger partial charge in [0.1, 0.15) is 6.04 Å². The molecule has 3 rings (SSSR count). The van der Waals surface area contributed by atoms with Crippen LogP contribution in [0.5, 0.6) is 0 Å². The first kappa shape index (κ1) is 15.2. The average Bonchev–Trinajstić information content (AvgIpc) is 3.32. The Morgan fingerprint density at radius 1 is 1.22 bits per heavy atom. The molecule has 0 spiro atoms. The normalized spacial score (nSPS) is 20.1. The Labute approximate surface area is 132 Å². The molecule has 1 aromatic rings. The van der Waals surface area contributed by atoms with Gasteiger partial charge in [-0.15, -0.1) is 0 Å². The fourth-order valence-electron chi connectivity index (χ4n) is 2.73. The molecular formula is C16H16N2O5. The van der Waals surface area contributed by atoms with Crippen molar-refractivity contribution in [3.05, 3.63) is 35.4 Å². The van der Waals surface area contributed by atoms with Crippen molar-refractivity contribution in [2.75, 3.05) is 7.11 Å². The fourth-order valence-corrected chi connectivity index (χ4v) is 2.73. The molecule has 1 atom stereocenters. The Hall–Kier alpha value is -2.70. The molecule has 7 nitrogen and oxygen atoms in total. The van der Waals surface area contributed by atoms with E-state index in [0.29, 0.717) is 5.56 Å². The maximum absolute atomic E-state index is 12.8. The number of benzene rings is 1. The molecule has 0 radical (unpaired) electrons. The molecule has 1 heterocycles. The standard InChI is InChI=1S/C16H16N2O5/c1-23-16(22)10-4-2-3-9(7-10)15(21)18(11-5-6-11)12-8-13(19)17-14(12)20/h2-4,7,11-12H,5-6,8H2,1H3,(H,17,19,20). The van der Waals surface area contributed by atoms with E-state index in [9.17, 15) is 19.2 Å². The van der Waals surface area contributed by atoms with Crippen LogP contribution in [0.25, 0.3) is 0 Å². The number of hydrogen-bond donors (Lipinski definition) is 1. The van der Waals surface area contributed by atoms with E-state index in [-0.39, 0.29) is 29.8 Å². The van der Waals surface area contributed by atoms with Gasteiger partial charge in [0.25, 0.3) is 5.91 Å². The second-order valence-corrected chi connectivity index (χ2v) is 5.65. The second-order valence-electron chi connectivity index (χ2n) is 5.65. The van der Waals surface area contributed by atoms with Crippen LogP contribution in [0.2, 0.25) is 0 Å². The van der Waals surface area contributed by atoms with Crippen molar-refractivity contribution in [3.63, 3.8) is 0 Å². The summed E-state index contributed by atoms with van der Waals surface area (Å²) in [4.78, 5) is 49.2. The SMILES string of the molecule is COC(=O)c1cccc(C(=O)N(C2CC2)C2CC(=O)NC2=O)c1. The molecule has 1 unspecified atom stereocenters. The zero-order chi connectivity index (χ0) is 16.6. The van der Waals surface area contributed by atoms with Gasteiger partial charge in [-0.25, -0.2) is 4.79 Å². The van der Waals surface area contributed by atoms with Crippen LogP contribution in [0.15, 0.2) is 24.3 Å². The number of carbonyl (C=O) groups excluding carboxylic acids is 4. The van der Waals surface area contributed by atoms with E-state index in [1.165, 1.54) is 18.1 Å². The molecule has 120 valence electrons. The number of rotatable bonds is 4. The number of methoxy groups -OCH3 is 1. The Kier molecular flexibility index (Phi) is 3.85. The number of nitrogens with one attached hydrogen (secondary N) is 1. The zero-order valence-corrected chi connectivity index (χ0v) is 12.6. The van der Waals surface area contributed by atoms with E-state index in [1.54, 1.807) is 18.2 Å². The number of nitrogens with zero attached hydrogens (tertiary/aromatic N) is 1. The second kappa shape index (κ2) is 5.83. The lowest BCUT2D eigenvalue weighted by atomic mass is 10.1. The van der Waals surface area contributed by atoms with E-state index in [0.717, 1.165) is 12.8 Å². The Balaban J connectivity index is 1.89. The van der Waals surface area contributed by atoms with Crippen LogP contribution in [0.4, 0.5) is 0 Å².